The molecule has 108 heavy (non-hydrogen) atoms. The molecule has 12 heteroatoms. The van der Waals surface area contributed by atoms with E-state index in [9.17, 15) is 28.8 Å². The molecule has 0 aliphatic rings. The summed E-state index contributed by atoms with van der Waals surface area (Å²) in [4.78, 5) is 82.6. The maximum atomic E-state index is 14.2. The Morgan fingerprint density at radius 1 is 0.241 bits per heavy atom. The Kier molecular flexibility index (Phi) is 38.8. The Morgan fingerprint density at radius 3 is 0.602 bits per heavy atom. The van der Waals surface area contributed by atoms with Crippen LogP contribution in [0, 0.1) is 72.8 Å². The van der Waals surface area contributed by atoms with Crippen molar-refractivity contribution in [2.75, 3.05) is 19.6 Å². The van der Waals surface area contributed by atoms with Crippen LogP contribution in [0.1, 0.15) is 265 Å². The summed E-state index contributed by atoms with van der Waals surface area (Å²) in [5.74, 6) is -2.17. The van der Waals surface area contributed by atoms with Crippen LogP contribution in [0.25, 0.3) is 64.6 Å². The van der Waals surface area contributed by atoms with Crippen LogP contribution in [-0.2, 0) is 14.4 Å². The maximum absolute atomic E-state index is 14.2. The summed E-state index contributed by atoms with van der Waals surface area (Å²) >= 11 is 0. The minimum Gasteiger partial charge on any atom is -0.354 e. The lowest BCUT2D eigenvalue weighted by Gasteiger charge is -2.14. The molecule has 0 heterocycles. The van der Waals surface area contributed by atoms with Gasteiger partial charge < -0.3 is 31.9 Å². The number of nitrogens with one attached hydrogen (secondary N) is 6. The summed E-state index contributed by atoms with van der Waals surface area (Å²) in [5.41, 5.74) is 0.815. The van der Waals surface area contributed by atoms with E-state index in [2.05, 4.69) is 125 Å². The van der Waals surface area contributed by atoms with Crippen molar-refractivity contribution in [2.45, 2.75) is 252 Å². The molecule has 0 radical (unpaired) electrons. The molecule has 0 spiro atoms. The number of hydrogen-bond acceptors (Lipinski definition) is 6. The smallest absolute Gasteiger partial charge is 0.252 e. The van der Waals surface area contributed by atoms with Gasteiger partial charge in [0.1, 0.15) is 18.1 Å². The van der Waals surface area contributed by atoms with E-state index in [1.807, 2.05) is 91.0 Å². The first kappa shape index (κ1) is 84.8. The van der Waals surface area contributed by atoms with Crippen molar-refractivity contribution in [3.8, 4) is 0 Å². The second kappa shape index (κ2) is 49.4. The minimum absolute atomic E-state index is 0.266. The van der Waals surface area contributed by atoms with Gasteiger partial charge in [-0.15, -0.1) is 0 Å². The molecule has 12 nitrogen and oxygen atoms in total. The molecule has 0 saturated carbocycles. The highest BCUT2D eigenvalue weighted by Crippen LogP contribution is 2.18. The standard InChI is InChI=1S/C96H114N6O6/c1-7-10-13-16-19-22-25-28-31-34-58-97-91(103)73(4)100-94(106)88-67-82-52-46-76-40-37-42-78(61-76)48-54-84-65-86(71-89(69-84)95(107)101-74(5)92(104)98-59-35-32-29-26-23-20-17-14-11-8-2)56-50-80-44-39-45-81(63-80)51-57-87-66-85(55-49-79-43-38-41-77(62-79)47-53-83(64-82)68-88)70-90(72-87)96(108)102-75(6)93(105)99-60-36-33-30-27-24-21-18-15-12-9-3/h37-45,61-75H,7-36,58-60H2,1-6H3,(H,97,103)(H,98,104)(H,99,105)(H,100,106)(H,101,107)(H,102,108)/t73-,74-,75-/m0/s1. The summed E-state index contributed by atoms with van der Waals surface area (Å²) < 4.78 is 0. The zero-order chi connectivity index (χ0) is 76.8. The fourth-order valence-electron chi connectivity index (χ4n) is 12.6. The van der Waals surface area contributed by atoms with Crippen LogP contribution in [0.2, 0.25) is 0 Å². The number of carbonyl (C=O) groups excluding carboxylic acids is 6. The predicted octanol–water partition coefficient (Wildman–Crippen LogP) is 20.7. The van der Waals surface area contributed by atoms with Crippen LogP contribution >= 0.6 is 0 Å². The van der Waals surface area contributed by atoms with E-state index in [1.54, 1.807) is 57.2 Å². The topological polar surface area (TPSA) is 175 Å². The van der Waals surface area contributed by atoms with E-state index in [0.717, 1.165) is 57.8 Å². The first-order valence-electron chi connectivity index (χ1n) is 40.3. The average molecular weight is 1450 g/mol. The third-order valence-corrected chi connectivity index (χ3v) is 19.0. The molecule has 0 fully saturated rings. The Morgan fingerprint density at radius 2 is 0.407 bits per heavy atom. The number of fused-ring (bicyclic) bond motifs is 12. The molecule has 0 aliphatic heterocycles. The van der Waals surface area contributed by atoms with Crippen LogP contribution in [-0.4, -0.2) is 73.2 Å². The fraction of sp³-hybridized carbons (Fsp3) is 0.438. The second-order valence-corrected chi connectivity index (χ2v) is 28.6. The van der Waals surface area contributed by atoms with E-state index in [-0.39, 0.29) is 34.4 Å². The molecule has 3 atom stereocenters. The lowest BCUT2D eigenvalue weighted by molar-refractivity contribution is -0.123. The number of amides is 6. The van der Waals surface area contributed by atoms with Crippen molar-refractivity contribution in [3.63, 3.8) is 0 Å². The molecule has 7 rings (SSSR count). The molecule has 0 aromatic heterocycles. The minimum atomic E-state index is -0.814. The summed E-state index contributed by atoms with van der Waals surface area (Å²) in [6.45, 7) is 13.3. The molecule has 7 aromatic rings. The highest BCUT2D eigenvalue weighted by molar-refractivity contribution is 6.02. The fourth-order valence-corrected chi connectivity index (χ4v) is 12.6. The third kappa shape index (κ3) is 33.1. The van der Waals surface area contributed by atoms with Crippen LogP contribution in [0.15, 0.2) is 127 Å². The highest BCUT2D eigenvalue weighted by Gasteiger charge is 2.20. The number of benzene rings is 6. The second-order valence-electron chi connectivity index (χ2n) is 28.6. The van der Waals surface area contributed by atoms with Crippen molar-refractivity contribution < 1.29 is 28.8 Å². The molecule has 0 aliphatic carbocycles. The normalized spacial score (nSPS) is 11.4. The number of carbonyl (C=O) groups is 6. The van der Waals surface area contributed by atoms with Crippen molar-refractivity contribution in [1.82, 2.24) is 31.9 Å². The van der Waals surface area contributed by atoms with E-state index in [1.165, 1.54) is 135 Å². The molecule has 0 saturated heterocycles. The third-order valence-electron chi connectivity index (χ3n) is 19.0. The number of unbranched alkanes of at least 4 members (excludes halogenated alkanes) is 27. The van der Waals surface area contributed by atoms with Gasteiger partial charge in [0, 0.05) is 101 Å². The van der Waals surface area contributed by atoms with E-state index in [4.69, 9.17) is 0 Å². The van der Waals surface area contributed by atoms with Crippen molar-refractivity contribution in [1.29, 1.82) is 0 Å². The summed E-state index contributed by atoms with van der Waals surface area (Å²) in [5, 5.41) is 24.7. The van der Waals surface area contributed by atoms with E-state index in [0.29, 0.717) is 84.3 Å². The number of rotatable bonds is 42. The van der Waals surface area contributed by atoms with E-state index >= 15 is 0 Å². The molecule has 564 valence electrons. The molecule has 7 aromatic carbocycles. The lowest BCUT2D eigenvalue weighted by Crippen LogP contribution is -2.45. The Hall–Kier alpha value is -10.5. The van der Waals surface area contributed by atoms with Gasteiger partial charge in [-0.2, -0.15) is 0 Å². The van der Waals surface area contributed by atoms with Crippen molar-refractivity contribution in [2.24, 2.45) is 0 Å². The van der Waals surface area contributed by atoms with Gasteiger partial charge in [-0.3, -0.25) is 28.8 Å². The lowest BCUT2D eigenvalue weighted by atomic mass is 10.1. The highest BCUT2D eigenvalue weighted by atomic mass is 16.2. The predicted molar refractivity (Wildman–Crippen MR) is 442 cm³/mol. The Balaban J connectivity index is 1.23. The average Bonchev–Trinajstić information content (AvgIpc) is 0.847. The largest absolute Gasteiger partial charge is 0.354 e. The van der Waals surface area contributed by atoms with Gasteiger partial charge in [0.15, 0.2) is 0 Å². The van der Waals surface area contributed by atoms with Crippen molar-refractivity contribution >= 4 is 100 Å². The zero-order valence-electron chi connectivity index (χ0n) is 65.1. The molecule has 0 unspecified atom stereocenters. The van der Waals surface area contributed by atoms with Crippen LogP contribution in [0.3, 0.4) is 0 Å². The monoisotopic (exact) mass is 1450 g/mol. The first-order valence-corrected chi connectivity index (χ1v) is 40.3. The van der Waals surface area contributed by atoms with Gasteiger partial charge in [0.05, 0.1) is 0 Å². The van der Waals surface area contributed by atoms with Gasteiger partial charge in [0.25, 0.3) is 17.7 Å². The molecular formula is C96H114N6O6. The van der Waals surface area contributed by atoms with Crippen LogP contribution < -0.4 is 31.9 Å². The van der Waals surface area contributed by atoms with Gasteiger partial charge in [-0.05, 0) is 149 Å². The number of hydrogen-bond donors (Lipinski definition) is 6. The Labute approximate surface area is 645 Å². The van der Waals surface area contributed by atoms with E-state index < -0.39 is 35.8 Å². The molecule has 6 N–H and O–H groups in total. The Bertz CT molecular complexity index is 3740. The van der Waals surface area contributed by atoms with Crippen molar-refractivity contribution in [3.05, 3.63) is 217 Å². The molecular weight excluding hydrogens is 1330 g/mol. The van der Waals surface area contributed by atoms with Crippen LogP contribution in [0.5, 0.6) is 0 Å². The van der Waals surface area contributed by atoms with Gasteiger partial charge in [-0.25, -0.2) is 0 Å². The molecule has 12 bridgehead atoms. The quantitative estimate of drug-likeness (QED) is 0.0208. The van der Waals surface area contributed by atoms with Crippen LogP contribution in [0.4, 0.5) is 0 Å². The SMILES string of the molecule is CCCCCCCCCCCCNC(=O)[C@H](C)NC(=O)c1cc2c#cc3cccc(c#cc4cc(C(=O)N[C@@H](C)C(=O)NCCCCCCCCCCCC)cc(c#cc5cccc(c#cc6cc(C(=O)N[C@@H](C)C(=O)NCCCCCCCCCCCC)cc(c#cc7cccc(c#cc(c1)c2)c7)c6)c5)c4)c3. The summed E-state index contributed by atoms with van der Waals surface area (Å²) in [7, 11) is 0. The van der Waals surface area contributed by atoms with Gasteiger partial charge >= 0.3 is 0 Å². The zero-order valence-corrected chi connectivity index (χ0v) is 65.1. The maximum Gasteiger partial charge on any atom is 0.252 e. The molecule has 6 amide bonds. The summed E-state index contributed by atoms with van der Waals surface area (Å²) in [6, 6.07) is 74.6. The van der Waals surface area contributed by atoms with Gasteiger partial charge in [0.2, 0.25) is 17.7 Å². The first-order chi connectivity index (χ1) is 52.6. The summed E-state index contributed by atoms with van der Waals surface area (Å²) in [6.07, 6.45) is 35.7. The van der Waals surface area contributed by atoms with Gasteiger partial charge in [-0.1, -0.05) is 285 Å².